The molecule has 0 bridgehead atoms. The van der Waals surface area contributed by atoms with Crippen LogP contribution in [0.4, 0.5) is 4.79 Å². The summed E-state index contributed by atoms with van der Waals surface area (Å²) in [6.07, 6.45) is 7.81. The molecule has 2 N–H and O–H groups in total. The minimum Gasteiger partial charge on any atom is -0.354 e. The van der Waals surface area contributed by atoms with Crippen LogP contribution in [0.3, 0.4) is 0 Å². The van der Waals surface area contributed by atoms with Crippen molar-refractivity contribution in [1.82, 2.24) is 15.5 Å². The summed E-state index contributed by atoms with van der Waals surface area (Å²) in [5.74, 6) is 1.08. The first-order valence-corrected chi connectivity index (χ1v) is 8.47. The van der Waals surface area contributed by atoms with E-state index in [-0.39, 0.29) is 17.9 Å². The molecule has 1 aliphatic heterocycles. The monoisotopic (exact) mass is 295 g/mol. The van der Waals surface area contributed by atoms with Crippen molar-refractivity contribution >= 4 is 11.9 Å². The lowest BCUT2D eigenvalue weighted by Gasteiger charge is -2.30. The summed E-state index contributed by atoms with van der Waals surface area (Å²) in [5, 5.41) is 5.84. The van der Waals surface area contributed by atoms with E-state index in [0.717, 1.165) is 44.7 Å². The summed E-state index contributed by atoms with van der Waals surface area (Å²) in [7, 11) is 0. The van der Waals surface area contributed by atoms with Crippen LogP contribution < -0.4 is 10.6 Å². The zero-order chi connectivity index (χ0) is 15.1. The molecule has 120 valence electrons. The highest BCUT2D eigenvalue weighted by Gasteiger charge is 2.21. The van der Waals surface area contributed by atoms with E-state index in [1.54, 1.807) is 0 Å². The van der Waals surface area contributed by atoms with Crippen LogP contribution in [0.1, 0.15) is 51.9 Å². The van der Waals surface area contributed by atoms with Gasteiger partial charge < -0.3 is 15.5 Å². The van der Waals surface area contributed by atoms with E-state index in [1.807, 2.05) is 4.90 Å². The predicted molar refractivity (Wildman–Crippen MR) is 83.0 cm³/mol. The second-order valence-corrected chi connectivity index (χ2v) is 6.53. The number of carbonyl (C=O) groups excluding carboxylic acids is 2. The Morgan fingerprint density at radius 1 is 0.952 bits per heavy atom. The lowest BCUT2D eigenvalue weighted by molar-refractivity contribution is -0.125. The van der Waals surface area contributed by atoms with Gasteiger partial charge in [0.15, 0.2) is 0 Å². The van der Waals surface area contributed by atoms with Gasteiger partial charge in [0.1, 0.15) is 0 Å². The van der Waals surface area contributed by atoms with Gasteiger partial charge in [-0.2, -0.15) is 0 Å². The zero-order valence-electron chi connectivity index (χ0n) is 13.2. The van der Waals surface area contributed by atoms with E-state index < -0.39 is 0 Å². The maximum atomic E-state index is 12.0. The van der Waals surface area contributed by atoms with Crippen LogP contribution in [0.15, 0.2) is 0 Å². The van der Waals surface area contributed by atoms with Gasteiger partial charge in [0.05, 0.1) is 0 Å². The molecule has 2 rings (SSSR count). The minimum atomic E-state index is 0.00816. The third kappa shape index (κ3) is 5.21. The molecule has 0 atom stereocenters. The average Bonchev–Trinajstić information content (AvgIpc) is 2.52. The standard InChI is InChI=1S/C16H29N3O2/c1-13-7-11-19(12-8-13)16(21)18-10-9-17-15(20)14-5-3-2-4-6-14/h13-14H,2-12H2,1H3,(H,17,20)(H,18,21). The van der Waals surface area contributed by atoms with Gasteiger partial charge >= 0.3 is 6.03 Å². The van der Waals surface area contributed by atoms with E-state index >= 15 is 0 Å². The van der Waals surface area contributed by atoms with Crippen LogP contribution >= 0.6 is 0 Å². The maximum absolute atomic E-state index is 12.0. The summed E-state index contributed by atoms with van der Waals surface area (Å²) >= 11 is 0. The molecule has 1 aliphatic carbocycles. The van der Waals surface area contributed by atoms with Crippen LogP contribution in [0, 0.1) is 11.8 Å². The van der Waals surface area contributed by atoms with Crippen molar-refractivity contribution in [1.29, 1.82) is 0 Å². The molecule has 5 nitrogen and oxygen atoms in total. The topological polar surface area (TPSA) is 61.4 Å². The van der Waals surface area contributed by atoms with Gasteiger partial charge in [-0.1, -0.05) is 26.2 Å². The summed E-state index contributed by atoms with van der Waals surface area (Å²) in [6, 6.07) is 0.00816. The van der Waals surface area contributed by atoms with Crippen LogP contribution in [0.5, 0.6) is 0 Å². The van der Waals surface area contributed by atoms with E-state index in [0.29, 0.717) is 13.1 Å². The van der Waals surface area contributed by atoms with Crippen LogP contribution in [-0.2, 0) is 4.79 Å². The van der Waals surface area contributed by atoms with Crippen molar-refractivity contribution < 1.29 is 9.59 Å². The number of amides is 3. The Hall–Kier alpha value is -1.26. The molecule has 21 heavy (non-hydrogen) atoms. The highest BCUT2D eigenvalue weighted by Crippen LogP contribution is 2.23. The third-order valence-electron chi connectivity index (χ3n) is 4.75. The zero-order valence-corrected chi connectivity index (χ0v) is 13.2. The fourth-order valence-electron chi connectivity index (χ4n) is 3.19. The van der Waals surface area contributed by atoms with Crippen LogP contribution in [0.25, 0.3) is 0 Å². The number of urea groups is 1. The van der Waals surface area contributed by atoms with Crippen LogP contribution in [-0.4, -0.2) is 43.0 Å². The Morgan fingerprint density at radius 3 is 2.24 bits per heavy atom. The van der Waals surface area contributed by atoms with Gasteiger partial charge in [0.2, 0.25) is 5.91 Å². The predicted octanol–water partition coefficient (Wildman–Crippen LogP) is 2.12. The normalized spacial score (nSPS) is 21.1. The fraction of sp³-hybridized carbons (Fsp3) is 0.875. The molecule has 0 aromatic rings. The quantitative estimate of drug-likeness (QED) is 0.780. The molecule has 0 aromatic heterocycles. The fourth-order valence-corrected chi connectivity index (χ4v) is 3.19. The van der Waals surface area contributed by atoms with Gasteiger partial charge in [-0.3, -0.25) is 4.79 Å². The maximum Gasteiger partial charge on any atom is 0.317 e. The first-order valence-electron chi connectivity index (χ1n) is 8.47. The molecular formula is C16H29N3O2. The largest absolute Gasteiger partial charge is 0.354 e. The van der Waals surface area contributed by atoms with Gasteiger partial charge in [-0.05, 0) is 31.6 Å². The molecule has 0 unspecified atom stereocenters. The van der Waals surface area contributed by atoms with Crippen LogP contribution in [0.2, 0.25) is 0 Å². The number of nitrogens with zero attached hydrogens (tertiary/aromatic N) is 1. The minimum absolute atomic E-state index is 0.00816. The molecule has 0 spiro atoms. The molecule has 1 saturated heterocycles. The van der Waals surface area contributed by atoms with Crippen molar-refractivity contribution in [3.8, 4) is 0 Å². The Balaban J connectivity index is 1.56. The Kier molecular flexibility index (Phi) is 6.33. The van der Waals surface area contributed by atoms with Gasteiger partial charge in [-0.15, -0.1) is 0 Å². The summed E-state index contributed by atoms with van der Waals surface area (Å²) in [5.41, 5.74) is 0. The number of nitrogens with one attached hydrogen (secondary N) is 2. The smallest absolute Gasteiger partial charge is 0.317 e. The van der Waals surface area contributed by atoms with E-state index in [2.05, 4.69) is 17.6 Å². The lowest BCUT2D eigenvalue weighted by atomic mass is 9.89. The number of carbonyl (C=O) groups is 2. The summed E-state index contributed by atoms with van der Waals surface area (Å²) in [6.45, 7) is 4.98. The molecule has 0 radical (unpaired) electrons. The SMILES string of the molecule is CC1CCN(C(=O)NCCNC(=O)C2CCCCC2)CC1. The Labute approximate surface area is 127 Å². The number of piperidine rings is 1. The number of likely N-dealkylation sites (tertiary alicyclic amines) is 1. The molecule has 2 fully saturated rings. The first kappa shape index (κ1) is 16.1. The van der Waals surface area contributed by atoms with Gasteiger partial charge in [-0.25, -0.2) is 4.79 Å². The molecule has 5 heteroatoms. The van der Waals surface area contributed by atoms with Crippen molar-refractivity contribution in [3.05, 3.63) is 0 Å². The second kappa shape index (κ2) is 8.25. The average molecular weight is 295 g/mol. The highest BCUT2D eigenvalue weighted by atomic mass is 16.2. The van der Waals surface area contributed by atoms with Crippen molar-refractivity contribution in [2.45, 2.75) is 51.9 Å². The lowest BCUT2D eigenvalue weighted by Crippen LogP contribution is -2.46. The second-order valence-electron chi connectivity index (χ2n) is 6.53. The van der Waals surface area contributed by atoms with Crippen molar-refractivity contribution in [2.75, 3.05) is 26.2 Å². The van der Waals surface area contributed by atoms with Gasteiger partial charge in [0, 0.05) is 32.1 Å². The van der Waals surface area contributed by atoms with Gasteiger partial charge in [0.25, 0.3) is 0 Å². The third-order valence-corrected chi connectivity index (χ3v) is 4.75. The Bertz CT molecular complexity index is 345. The molecule has 2 aliphatic rings. The molecule has 1 heterocycles. The van der Waals surface area contributed by atoms with E-state index in [4.69, 9.17) is 0 Å². The highest BCUT2D eigenvalue weighted by molar-refractivity contribution is 5.78. The number of hydrogen-bond donors (Lipinski definition) is 2. The molecule has 3 amide bonds. The summed E-state index contributed by atoms with van der Waals surface area (Å²) < 4.78 is 0. The number of hydrogen-bond acceptors (Lipinski definition) is 2. The van der Waals surface area contributed by atoms with E-state index in [1.165, 1.54) is 19.3 Å². The molecule has 0 aromatic carbocycles. The van der Waals surface area contributed by atoms with Crippen molar-refractivity contribution in [2.24, 2.45) is 11.8 Å². The van der Waals surface area contributed by atoms with E-state index in [9.17, 15) is 9.59 Å². The van der Waals surface area contributed by atoms with Crippen molar-refractivity contribution in [3.63, 3.8) is 0 Å². The molecular weight excluding hydrogens is 266 g/mol. The summed E-state index contributed by atoms with van der Waals surface area (Å²) in [4.78, 5) is 25.8. The number of rotatable bonds is 4. The molecule has 1 saturated carbocycles. The first-order chi connectivity index (χ1) is 10.2. The Morgan fingerprint density at radius 2 is 1.57 bits per heavy atom.